The van der Waals surface area contributed by atoms with Crippen molar-refractivity contribution in [2.45, 2.75) is 72.1 Å². The van der Waals surface area contributed by atoms with E-state index in [1.807, 2.05) is 37.3 Å². The van der Waals surface area contributed by atoms with E-state index in [2.05, 4.69) is 33.8 Å². The van der Waals surface area contributed by atoms with Crippen LogP contribution in [-0.2, 0) is 24.2 Å². The Kier molecular flexibility index (Phi) is 6.94. The molecule has 0 atom stereocenters. The zero-order chi connectivity index (χ0) is 28.8. The summed E-state index contributed by atoms with van der Waals surface area (Å²) in [6.07, 6.45) is 1.42. The number of carboxylic acid groups (broad SMARTS) is 1. The Morgan fingerprint density at radius 2 is 1.77 bits per heavy atom. The third-order valence-corrected chi connectivity index (χ3v) is 7.34. The number of hydrogen-bond acceptors (Lipinski definition) is 5. The molecule has 0 saturated heterocycles. The maximum absolute atomic E-state index is 12.9. The molecule has 1 N–H and O–H groups in total. The predicted molar refractivity (Wildman–Crippen MR) is 156 cm³/mol. The summed E-state index contributed by atoms with van der Waals surface area (Å²) in [7, 11) is 0. The van der Waals surface area contributed by atoms with E-state index in [4.69, 9.17) is 14.5 Å². The lowest BCUT2D eigenvalue weighted by Gasteiger charge is -2.31. The van der Waals surface area contributed by atoms with E-state index in [1.54, 1.807) is 18.2 Å². The summed E-state index contributed by atoms with van der Waals surface area (Å²) in [5, 5.41) is 10.1. The molecule has 7 heteroatoms. The number of rotatable bonds is 7. The van der Waals surface area contributed by atoms with Crippen LogP contribution in [0.2, 0.25) is 0 Å². The summed E-state index contributed by atoms with van der Waals surface area (Å²) in [5.74, 6) is 0.151. The van der Waals surface area contributed by atoms with Crippen LogP contribution in [-0.4, -0.2) is 40.4 Å². The first-order valence-electron chi connectivity index (χ1n) is 13.7. The van der Waals surface area contributed by atoms with Crippen molar-refractivity contribution in [2.75, 3.05) is 11.5 Å². The van der Waals surface area contributed by atoms with Crippen LogP contribution in [0.15, 0.2) is 59.6 Å². The molecule has 5 rings (SSSR count). The number of carbonyl (C=O) groups is 2. The smallest absolute Gasteiger partial charge is 0.337 e. The zero-order valence-corrected chi connectivity index (χ0v) is 24.0. The topological polar surface area (TPSA) is 88.4 Å². The summed E-state index contributed by atoms with van der Waals surface area (Å²) in [6, 6.07) is 16.8. The van der Waals surface area contributed by atoms with Crippen LogP contribution in [0.5, 0.6) is 11.5 Å². The molecular weight excluding hydrogens is 504 g/mol. The van der Waals surface area contributed by atoms with E-state index in [1.165, 1.54) is 11.8 Å². The number of carboxylic acids is 1. The molecule has 0 spiro atoms. The molecule has 3 aromatic rings. The van der Waals surface area contributed by atoms with Gasteiger partial charge in [0.25, 0.3) is 0 Å². The first kappa shape index (κ1) is 27.4. The molecule has 40 heavy (non-hydrogen) atoms. The minimum absolute atomic E-state index is 0.0622. The maximum atomic E-state index is 12.9. The first-order valence-corrected chi connectivity index (χ1v) is 13.7. The monoisotopic (exact) mass is 540 g/mol. The van der Waals surface area contributed by atoms with Gasteiger partial charge in [0.2, 0.25) is 5.91 Å². The van der Waals surface area contributed by atoms with Gasteiger partial charge < -0.3 is 19.5 Å². The van der Waals surface area contributed by atoms with E-state index >= 15 is 0 Å². The fraction of sp³-hybridized carbons (Fsp3) is 0.364. The number of hydrogen-bond donors (Lipinski definition) is 1. The van der Waals surface area contributed by atoms with Crippen LogP contribution >= 0.6 is 0 Å². The number of nitrogens with zero attached hydrogens (tertiary/aromatic N) is 2. The Morgan fingerprint density at radius 1 is 1.05 bits per heavy atom. The van der Waals surface area contributed by atoms with Gasteiger partial charge in [0, 0.05) is 30.0 Å². The van der Waals surface area contributed by atoms with Gasteiger partial charge in [0.15, 0.2) is 11.5 Å². The second-order valence-corrected chi connectivity index (χ2v) is 11.8. The molecule has 0 aliphatic carbocycles. The number of carbonyl (C=O) groups excluding carboxylic acids is 1. The fourth-order valence-electron chi connectivity index (χ4n) is 5.76. The summed E-state index contributed by atoms with van der Waals surface area (Å²) >= 11 is 0. The molecule has 1 amide bonds. The van der Waals surface area contributed by atoms with Gasteiger partial charge in [0.1, 0.15) is 5.60 Å². The lowest BCUT2D eigenvalue weighted by Crippen LogP contribution is -2.32. The quantitative estimate of drug-likeness (QED) is 0.384. The average Bonchev–Trinajstić information content (AvgIpc) is 3.21. The van der Waals surface area contributed by atoms with Gasteiger partial charge in [-0.2, -0.15) is 0 Å². The van der Waals surface area contributed by atoms with E-state index in [0.29, 0.717) is 18.7 Å². The number of fused-ring (bicyclic) bond motifs is 3. The van der Waals surface area contributed by atoms with Crippen LogP contribution in [0.4, 0.5) is 5.69 Å². The molecule has 2 aliphatic rings. The summed E-state index contributed by atoms with van der Waals surface area (Å²) in [6.45, 7) is 12.5. The second kappa shape index (κ2) is 10.1. The Labute approximate surface area is 235 Å². The van der Waals surface area contributed by atoms with Crippen LogP contribution < -0.4 is 14.4 Å². The van der Waals surface area contributed by atoms with Crippen LogP contribution in [0.25, 0.3) is 0 Å². The minimum Gasteiger partial charge on any atom is -0.490 e. The van der Waals surface area contributed by atoms with Crippen LogP contribution in [0, 0.1) is 0 Å². The van der Waals surface area contributed by atoms with E-state index in [0.717, 1.165) is 51.4 Å². The Morgan fingerprint density at radius 3 is 2.42 bits per heavy atom. The zero-order valence-electron chi connectivity index (χ0n) is 24.0. The third-order valence-electron chi connectivity index (χ3n) is 7.34. The van der Waals surface area contributed by atoms with Crippen molar-refractivity contribution in [1.29, 1.82) is 0 Å². The van der Waals surface area contributed by atoms with Gasteiger partial charge >= 0.3 is 5.97 Å². The maximum Gasteiger partial charge on any atom is 0.337 e. The van der Waals surface area contributed by atoms with Crippen LogP contribution in [0.1, 0.15) is 79.7 Å². The van der Waals surface area contributed by atoms with Gasteiger partial charge in [-0.25, -0.2) is 4.79 Å². The van der Waals surface area contributed by atoms with E-state index in [9.17, 15) is 14.7 Å². The normalized spacial score (nSPS) is 16.3. The number of anilines is 1. The average molecular weight is 541 g/mol. The standard InChI is InChI=1S/C33H36N2O5/c1-7-39-27-16-23-17-32(3,4)34-29(28(23)25-18-33(5,6)40-30(25)27)22-13-14-24(31(37)38)26(15-22)35(20(2)36)19-21-11-9-8-10-12-21/h8-16H,7,17-19H2,1-6H3,(H,37,38). The number of ether oxygens (including phenoxy) is 2. The highest BCUT2D eigenvalue weighted by molar-refractivity contribution is 6.17. The SMILES string of the molecule is CCOc1cc2c(c3c1OC(C)(C)C3)C(c1ccc(C(=O)O)c(N(Cc3ccccc3)C(C)=O)c1)=NC(C)(C)C2. The van der Waals surface area contributed by atoms with Crippen molar-refractivity contribution in [3.05, 3.63) is 88.0 Å². The molecule has 0 saturated carbocycles. The van der Waals surface area contributed by atoms with Crippen molar-refractivity contribution < 1.29 is 24.2 Å². The highest BCUT2D eigenvalue weighted by atomic mass is 16.5. The second-order valence-electron chi connectivity index (χ2n) is 11.8. The van der Waals surface area contributed by atoms with Crippen LogP contribution in [0.3, 0.4) is 0 Å². The highest BCUT2D eigenvalue weighted by Gasteiger charge is 2.40. The molecule has 208 valence electrons. The van der Waals surface area contributed by atoms with Crippen molar-refractivity contribution in [1.82, 2.24) is 0 Å². The predicted octanol–water partition coefficient (Wildman–Crippen LogP) is 6.22. The molecule has 0 unspecified atom stereocenters. The number of aromatic carboxylic acids is 1. The Hall–Kier alpha value is -4.13. The lowest BCUT2D eigenvalue weighted by atomic mass is 9.80. The Bertz CT molecular complexity index is 1520. The summed E-state index contributed by atoms with van der Waals surface area (Å²) < 4.78 is 12.4. The highest BCUT2D eigenvalue weighted by Crippen LogP contribution is 2.48. The molecular formula is C33H36N2O5. The van der Waals surface area contributed by atoms with Crippen molar-refractivity contribution in [3.8, 4) is 11.5 Å². The van der Waals surface area contributed by atoms with Crippen molar-refractivity contribution in [3.63, 3.8) is 0 Å². The van der Waals surface area contributed by atoms with E-state index in [-0.39, 0.29) is 18.0 Å². The van der Waals surface area contributed by atoms with Crippen molar-refractivity contribution in [2.24, 2.45) is 4.99 Å². The number of amides is 1. The van der Waals surface area contributed by atoms with Gasteiger partial charge in [0.05, 0.1) is 35.7 Å². The summed E-state index contributed by atoms with van der Waals surface area (Å²) in [4.78, 5) is 31.9. The molecule has 0 fully saturated rings. The van der Waals surface area contributed by atoms with E-state index < -0.39 is 17.1 Å². The molecule has 2 heterocycles. The lowest BCUT2D eigenvalue weighted by molar-refractivity contribution is -0.116. The number of benzene rings is 3. The summed E-state index contributed by atoms with van der Waals surface area (Å²) in [5.41, 5.74) is 5.22. The molecule has 7 nitrogen and oxygen atoms in total. The fourth-order valence-corrected chi connectivity index (χ4v) is 5.76. The minimum atomic E-state index is -1.09. The molecule has 3 aromatic carbocycles. The first-order chi connectivity index (χ1) is 18.9. The molecule has 2 aliphatic heterocycles. The Balaban J connectivity index is 1.70. The largest absolute Gasteiger partial charge is 0.490 e. The molecule has 0 radical (unpaired) electrons. The molecule has 0 bridgehead atoms. The van der Waals surface area contributed by atoms with Gasteiger partial charge in [-0.15, -0.1) is 0 Å². The van der Waals surface area contributed by atoms with Gasteiger partial charge in [-0.3, -0.25) is 9.79 Å². The van der Waals surface area contributed by atoms with Gasteiger partial charge in [-0.05, 0) is 70.4 Å². The number of aliphatic imine (C=N–C) groups is 1. The molecule has 0 aromatic heterocycles. The van der Waals surface area contributed by atoms with Gasteiger partial charge in [-0.1, -0.05) is 36.4 Å². The van der Waals surface area contributed by atoms with Crippen molar-refractivity contribution >= 4 is 23.3 Å². The third kappa shape index (κ3) is 5.20.